The van der Waals surface area contributed by atoms with Crippen LogP contribution in [0.3, 0.4) is 0 Å². The Labute approximate surface area is 64.3 Å². The Bertz CT molecular complexity index is 130. The molecule has 0 aliphatic heterocycles. The minimum atomic E-state index is 0.741. The molecule has 0 amide bonds. The zero-order chi connectivity index (χ0) is 7.89. The van der Waals surface area contributed by atoms with Crippen LogP contribution in [0.15, 0.2) is 12.2 Å². The van der Waals surface area contributed by atoms with Crippen LogP contribution in [0, 0.1) is 23.7 Å². The summed E-state index contributed by atoms with van der Waals surface area (Å²) in [6.45, 7) is 13.4. The molecular formula is C10H18. The molecule has 1 aliphatic carbocycles. The normalized spacial score (nSPS) is 48.2. The van der Waals surface area contributed by atoms with Gasteiger partial charge >= 0.3 is 0 Å². The molecule has 1 fully saturated rings. The van der Waals surface area contributed by atoms with Crippen molar-refractivity contribution in [3.05, 3.63) is 12.2 Å². The van der Waals surface area contributed by atoms with Crippen molar-refractivity contribution in [2.24, 2.45) is 23.7 Å². The molecule has 1 saturated carbocycles. The smallest absolute Gasteiger partial charge is 0.0203 e. The van der Waals surface area contributed by atoms with Crippen molar-refractivity contribution in [3.63, 3.8) is 0 Å². The topological polar surface area (TPSA) is 0 Å². The summed E-state index contributed by atoms with van der Waals surface area (Å²) in [5, 5.41) is 0. The number of allylic oxidation sites excluding steroid dienone is 1. The summed E-state index contributed by atoms with van der Waals surface area (Å²) < 4.78 is 0. The van der Waals surface area contributed by atoms with Gasteiger partial charge in [0.25, 0.3) is 0 Å². The van der Waals surface area contributed by atoms with Gasteiger partial charge in [-0.25, -0.2) is 0 Å². The van der Waals surface area contributed by atoms with Crippen LogP contribution >= 0.6 is 0 Å². The maximum Gasteiger partial charge on any atom is -0.0203 e. The molecule has 0 heterocycles. The Hall–Kier alpha value is -0.260. The van der Waals surface area contributed by atoms with Gasteiger partial charge in [-0.2, -0.15) is 0 Å². The lowest BCUT2D eigenvalue weighted by Gasteiger charge is -2.13. The van der Waals surface area contributed by atoms with Gasteiger partial charge in [0.1, 0.15) is 0 Å². The van der Waals surface area contributed by atoms with E-state index in [9.17, 15) is 0 Å². The van der Waals surface area contributed by atoms with Crippen molar-refractivity contribution in [1.82, 2.24) is 0 Å². The summed E-state index contributed by atoms with van der Waals surface area (Å²) in [6, 6.07) is 0. The molecule has 4 atom stereocenters. The first-order valence-corrected chi connectivity index (χ1v) is 4.24. The molecule has 0 aromatic heterocycles. The van der Waals surface area contributed by atoms with Crippen LogP contribution in [-0.2, 0) is 0 Å². The maximum absolute atomic E-state index is 4.12. The van der Waals surface area contributed by atoms with E-state index in [0.717, 1.165) is 23.7 Å². The average molecular weight is 138 g/mol. The third kappa shape index (κ3) is 0.902. The first kappa shape index (κ1) is 7.84. The van der Waals surface area contributed by atoms with Gasteiger partial charge in [0.05, 0.1) is 0 Å². The predicted octanol–water partition coefficient (Wildman–Crippen LogP) is 3.10. The van der Waals surface area contributed by atoms with Crippen molar-refractivity contribution in [1.29, 1.82) is 0 Å². The SMILES string of the molecule is C=C1C(C)C(C)C(C)C1C. The molecule has 1 rings (SSSR count). The Morgan fingerprint density at radius 1 is 0.900 bits per heavy atom. The predicted molar refractivity (Wildman–Crippen MR) is 45.8 cm³/mol. The Morgan fingerprint density at radius 3 is 1.30 bits per heavy atom. The first-order valence-electron chi connectivity index (χ1n) is 4.24. The van der Waals surface area contributed by atoms with Gasteiger partial charge in [-0.1, -0.05) is 39.8 Å². The lowest BCUT2D eigenvalue weighted by atomic mass is 9.92. The molecule has 4 unspecified atom stereocenters. The second-order valence-corrected chi connectivity index (χ2v) is 3.87. The first-order chi connectivity index (χ1) is 4.55. The molecule has 0 bridgehead atoms. The van der Waals surface area contributed by atoms with E-state index in [2.05, 4.69) is 34.3 Å². The molecule has 0 spiro atoms. The third-order valence-electron chi connectivity index (χ3n) is 3.58. The average Bonchev–Trinajstić information content (AvgIpc) is 2.07. The van der Waals surface area contributed by atoms with E-state index in [1.807, 2.05) is 0 Å². The molecule has 0 nitrogen and oxygen atoms in total. The third-order valence-corrected chi connectivity index (χ3v) is 3.58. The maximum atomic E-state index is 4.12. The second-order valence-electron chi connectivity index (χ2n) is 3.87. The zero-order valence-electron chi connectivity index (χ0n) is 7.52. The molecular weight excluding hydrogens is 120 g/mol. The van der Waals surface area contributed by atoms with E-state index in [1.54, 1.807) is 0 Å². The van der Waals surface area contributed by atoms with E-state index >= 15 is 0 Å². The van der Waals surface area contributed by atoms with Crippen LogP contribution in [0.1, 0.15) is 27.7 Å². The lowest BCUT2D eigenvalue weighted by molar-refractivity contribution is 0.352. The molecule has 1 aliphatic rings. The van der Waals surface area contributed by atoms with Crippen LogP contribution in [0.5, 0.6) is 0 Å². The van der Waals surface area contributed by atoms with Crippen molar-refractivity contribution in [2.75, 3.05) is 0 Å². The Kier molecular flexibility index (Phi) is 1.89. The minimum Gasteiger partial charge on any atom is -0.0993 e. The highest BCUT2D eigenvalue weighted by atomic mass is 14.4. The highest BCUT2D eigenvalue weighted by Crippen LogP contribution is 2.43. The molecule has 0 aromatic rings. The van der Waals surface area contributed by atoms with E-state index < -0.39 is 0 Å². The van der Waals surface area contributed by atoms with Gasteiger partial charge in [-0.15, -0.1) is 0 Å². The van der Waals surface area contributed by atoms with Crippen molar-refractivity contribution < 1.29 is 0 Å². The van der Waals surface area contributed by atoms with Gasteiger partial charge < -0.3 is 0 Å². The molecule has 0 N–H and O–H groups in total. The molecule has 0 heteroatoms. The Morgan fingerprint density at radius 2 is 1.20 bits per heavy atom. The fourth-order valence-corrected chi connectivity index (χ4v) is 2.00. The van der Waals surface area contributed by atoms with Crippen molar-refractivity contribution in [2.45, 2.75) is 27.7 Å². The van der Waals surface area contributed by atoms with Gasteiger partial charge in [-0.3, -0.25) is 0 Å². The summed E-state index contributed by atoms with van der Waals surface area (Å²) in [7, 11) is 0. The van der Waals surface area contributed by atoms with E-state index in [-0.39, 0.29) is 0 Å². The summed E-state index contributed by atoms with van der Waals surface area (Å²) >= 11 is 0. The summed E-state index contributed by atoms with van der Waals surface area (Å²) in [6.07, 6.45) is 0. The quantitative estimate of drug-likeness (QED) is 0.451. The summed E-state index contributed by atoms with van der Waals surface area (Å²) in [5.41, 5.74) is 1.46. The fraction of sp³-hybridized carbons (Fsp3) is 0.800. The van der Waals surface area contributed by atoms with Crippen LogP contribution in [-0.4, -0.2) is 0 Å². The Balaban J connectivity index is 2.78. The van der Waals surface area contributed by atoms with Crippen LogP contribution in [0.4, 0.5) is 0 Å². The molecule has 58 valence electrons. The number of rotatable bonds is 0. The second kappa shape index (κ2) is 2.41. The summed E-state index contributed by atoms with van der Waals surface area (Å²) in [5.74, 6) is 3.15. The summed E-state index contributed by atoms with van der Waals surface area (Å²) in [4.78, 5) is 0. The monoisotopic (exact) mass is 138 g/mol. The van der Waals surface area contributed by atoms with E-state index in [1.165, 1.54) is 5.57 Å². The highest BCUT2D eigenvalue weighted by molar-refractivity contribution is 5.13. The fourth-order valence-electron chi connectivity index (χ4n) is 2.00. The molecule has 0 aromatic carbocycles. The lowest BCUT2D eigenvalue weighted by Crippen LogP contribution is -2.07. The minimum absolute atomic E-state index is 0.741. The van der Waals surface area contributed by atoms with Crippen molar-refractivity contribution in [3.8, 4) is 0 Å². The van der Waals surface area contributed by atoms with Gasteiger partial charge in [0.15, 0.2) is 0 Å². The largest absolute Gasteiger partial charge is 0.0993 e. The van der Waals surface area contributed by atoms with Gasteiger partial charge in [0, 0.05) is 0 Å². The van der Waals surface area contributed by atoms with Gasteiger partial charge in [0.2, 0.25) is 0 Å². The molecule has 0 radical (unpaired) electrons. The van der Waals surface area contributed by atoms with Crippen LogP contribution < -0.4 is 0 Å². The number of hydrogen-bond acceptors (Lipinski definition) is 0. The van der Waals surface area contributed by atoms with Crippen molar-refractivity contribution >= 4 is 0 Å². The van der Waals surface area contributed by atoms with Crippen LogP contribution in [0.25, 0.3) is 0 Å². The van der Waals surface area contributed by atoms with Crippen LogP contribution in [0.2, 0.25) is 0 Å². The zero-order valence-corrected chi connectivity index (χ0v) is 7.52. The van der Waals surface area contributed by atoms with Gasteiger partial charge in [-0.05, 0) is 23.7 Å². The molecule has 0 saturated heterocycles. The highest BCUT2D eigenvalue weighted by Gasteiger charge is 2.35. The number of hydrogen-bond donors (Lipinski definition) is 0. The molecule has 10 heavy (non-hydrogen) atoms. The van der Waals surface area contributed by atoms with E-state index in [0.29, 0.717) is 0 Å². The standard InChI is InChI=1S/C10H18/c1-6-7(2)9(4)10(5)8(6)3/h7-10H,1H2,2-5H3. The van der Waals surface area contributed by atoms with E-state index in [4.69, 9.17) is 0 Å².